The summed E-state index contributed by atoms with van der Waals surface area (Å²) in [5, 5.41) is 3.09. The molecule has 0 aliphatic heterocycles. The lowest BCUT2D eigenvalue weighted by molar-refractivity contribution is -0.137. The van der Waals surface area contributed by atoms with Gasteiger partial charge in [-0.15, -0.1) is 0 Å². The van der Waals surface area contributed by atoms with Crippen LogP contribution in [-0.2, 0) is 10.9 Å². The summed E-state index contributed by atoms with van der Waals surface area (Å²) in [7, 11) is 0. The first-order valence-corrected chi connectivity index (χ1v) is 7.28. The molecule has 0 radical (unpaired) electrons. The van der Waals surface area contributed by atoms with E-state index in [0.717, 1.165) is 25.2 Å². The summed E-state index contributed by atoms with van der Waals surface area (Å²) in [6.07, 6.45) is -3.51. The van der Waals surface area contributed by atoms with Crippen LogP contribution in [0.5, 0.6) is 0 Å². The Labute approximate surface area is 125 Å². The third-order valence-electron chi connectivity index (χ3n) is 2.53. The highest BCUT2D eigenvalue weighted by Gasteiger charge is 2.30. The van der Waals surface area contributed by atoms with Crippen molar-refractivity contribution < 1.29 is 17.9 Å². The molecule has 1 rings (SSSR count). The molecule has 1 N–H and O–H groups in total. The average Bonchev–Trinajstić information content (AvgIpc) is 2.33. The van der Waals surface area contributed by atoms with Gasteiger partial charge in [-0.3, -0.25) is 0 Å². The average molecular weight is 354 g/mol. The third kappa shape index (κ3) is 6.13. The quantitative estimate of drug-likeness (QED) is 0.700. The second-order valence-electron chi connectivity index (χ2n) is 4.94. The minimum absolute atomic E-state index is 0.412. The standard InChI is InChI=1S/C14H19BrF3NO/c1-10(2)9-20-7-3-6-19-13-5-4-11(8-12(13)15)14(16,17)18/h4-5,8,10,19H,3,6-7,9H2,1-2H3. The number of hydrogen-bond acceptors (Lipinski definition) is 2. The van der Waals surface area contributed by atoms with E-state index >= 15 is 0 Å². The summed E-state index contributed by atoms with van der Waals surface area (Å²) in [5.74, 6) is 0.506. The van der Waals surface area contributed by atoms with Crippen LogP contribution in [0.3, 0.4) is 0 Å². The predicted molar refractivity (Wildman–Crippen MR) is 77.9 cm³/mol. The van der Waals surface area contributed by atoms with Crippen molar-refractivity contribution in [1.29, 1.82) is 0 Å². The van der Waals surface area contributed by atoms with Gasteiger partial charge >= 0.3 is 6.18 Å². The van der Waals surface area contributed by atoms with Crippen LogP contribution in [0.2, 0.25) is 0 Å². The number of hydrogen-bond donors (Lipinski definition) is 1. The maximum atomic E-state index is 12.5. The number of rotatable bonds is 7. The zero-order valence-electron chi connectivity index (χ0n) is 11.6. The molecular weight excluding hydrogens is 335 g/mol. The number of alkyl halides is 3. The molecule has 0 spiro atoms. The summed E-state index contributed by atoms with van der Waals surface area (Å²) in [6.45, 7) is 6.19. The Kier molecular flexibility index (Phi) is 6.82. The molecule has 1 aromatic carbocycles. The molecule has 0 aliphatic rings. The first kappa shape index (κ1) is 17.3. The van der Waals surface area contributed by atoms with Crippen molar-refractivity contribution in [3.05, 3.63) is 28.2 Å². The van der Waals surface area contributed by atoms with Crippen LogP contribution < -0.4 is 5.32 Å². The molecule has 6 heteroatoms. The van der Waals surface area contributed by atoms with Crippen LogP contribution in [0.25, 0.3) is 0 Å². The van der Waals surface area contributed by atoms with Crippen molar-refractivity contribution in [3.8, 4) is 0 Å². The number of anilines is 1. The summed E-state index contributed by atoms with van der Waals surface area (Å²) in [5.41, 5.74) is -0.00273. The van der Waals surface area contributed by atoms with Crippen molar-refractivity contribution in [2.24, 2.45) is 5.92 Å². The summed E-state index contributed by atoms with van der Waals surface area (Å²) >= 11 is 3.15. The molecule has 0 aliphatic carbocycles. The van der Waals surface area contributed by atoms with E-state index in [0.29, 0.717) is 29.2 Å². The van der Waals surface area contributed by atoms with Gasteiger partial charge in [0.25, 0.3) is 0 Å². The van der Waals surface area contributed by atoms with E-state index in [4.69, 9.17) is 4.74 Å². The molecule has 20 heavy (non-hydrogen) atoms. The Morgan fingerprint density at radius 1 is 1.30 bits per heavy atom. The lowest BCUT2D eigenvalue weighted by Gasteiger charge is -2.12. The highest BCUT2D eigenvalue weighted by Crippen LogP contribution is 2.33. The highest BCUT2D eigenvalue weighted by atomic mass is 79.9. The number of halogens is 4. The van der Waals surface area contributed by atoms with Crippen LogP contribution in [0.4, 0.5) is 18.9 Å². The zero-order valence-corrected chi connectivity index (χ0v) is 13.1. The van der Waals surface area contributed by atoms with Gasteiger partial charge in [0.15, 0.2) is 0 Å². The Morgan fingerprint density at radius 2 is 2.00 bits per heavy atom. The lowest BCUT2D eigenvalue weighted by atomic mass is 10.2. The fourth-order valence-corrected chi connectivity index (χ4v) is 2.07. The Hall–Kier alpha value is -0.750. The molecule has 2 nitrogen and oxygen atoms in total. The van der Waals surface area contributed by atoms with Crippen LogP contribution >= 0.6 is 15.9 Å². The normalized spacial score (nSPS) is 11.9. The molecule has 0 unspecified atom stereocenters. The van der Waals surface area contributed by atoms with Gasteiger partial charge in [-0.2, -0.15) is 13.2 Å². The topological polar surface area (TPSA) is 21.3 Å². The van der Waals surface area contributed by atoms with Crippen LogP contribution in [0, 0.1) is 5.92 Å². The first-order valence-electron chi connectivity index (χ1n) is 6.49. The van der Waals surface area contributed by atoms with Gasteiger partial charge in [0.1, 0.15) is 0 Å². The van der Waals surface area contributed by atoms with Crippen LogP contribution in [0.1, 0.15) is 25.8 Å². The van der Waals surface area contributed by atoms with Gasteiger partial charge in [0.05, 0.1) is 5.56 Å². The molecular formula is C14H19BrF3NO. The lowest BCUT2D eigenvalue weighted by Crippen LogP contribution is -2.09. The van der Waals surface area contributed by atoms with Crippen LogP contribution in [0.15, 0.2) is 22.7 Å². The Balaban J connectivity index is 2.38. The van der Waals surface area contributed by atoms with Crippen molar-refractivity contribution in [2.45, 2.75) is 26.4 Å². The van der Waals surface area contributed by atoms with Gasteiger partial charge in [-0.05, 0) is 46.5 Å². The number of ether oxygens (including phenoxy) is 1. The van der Waals surface area contributed by atoms with E-state index in [9.17, 15) is 13.2 Å². The van der Waals surface area contributed by atoms with E-state index in [1.54, 1.807) is 0 Å². The van der Waals surface area contributed by atoms with E-state index in [-0.39, 0.29) is 0 Å². The summed E-state index contributed by atoms with van der Waals surface area (Å²) in [4.78, 5) is 0. The molecule has 0 saturated heterocycles. The van der Waals surface area contributed by atoms with Crippen molar-refractivity contribution in [2.75, 3.05) is 25.1 Å². The van der Waals surface area contributed by atoms with E-state index < -0.39 is 11.7 Å². The third-order valence-corrected chi connectivity index (χ3v) is 3.18. The van der Waals surface area contributed by atoms with E-state index in [1.807, 2.05) is 0 Å². The fourth-order valence-electron chi connectivity index (χ4n) is 1.55. The van der Waals surface area contributed by atoms with E-state index in [1.165, 1.54) is 6.07 Å². The second-order valence-corrected chi connectivity index (χ2v) is 5.80. The second kappa shape index (κ2) is 7.88. The summed E-state index contributed by atoms with van der Waals surface area (Å²) < 4.78 is 43.3. The molecule has 0 saturated carbocycles. The molecule has 0 atom stereocenters. The SMILES string of the molecule is CC(C)COCCCNc1ccc(C(F)(F)F)cc1Br. The van der Waals surface area contributed by atoms with Gasteiger partial charge in [0, 0.05) is 29.9 Å². The first-order chi connectivity index (χ1) is 9.30. The van der Waals surface area contributed by atoms with Crippen molar-refractivity contribution in [3.63, 3.8) is 0 Å². The number of benzene rings is 1. The molecule has 0 amide bonds. The van der Waals surface area contributed by atoms with Gasteiger partial charge in [0.2, 0.25) is 0 Å². The zero-order chi connectivity index (χ0) is 15.2. The molecule has 0 fully saturated rings. The largest absolute Gasteiger partial charge is 0.416 e. The minimum Gasteiger partial charge on any atom is -0.384 e. The predicted octanol–water partition coefficient (Wildman–Crippen LogP) is 4.94. The Morgan fingerprint density at radius 3 is 2.55 bits per heavy atom. The highest BCUT2D eigenvalue weighted by molar-refractivity contribution is 9.10. The molecule has 114 valence electrons. The summed E-state index contributed by atoms with van der Waals surface area (Å²) in [6, 6.07) is 3.59. The van der Waals surface area contributed by atoms with Crippen molar-refractivity contribution in [1.82, 2.24) is 0 Å². The van der Waals surface area contributed by atoms with Gasteiger partial charge in [-0.1, -0.05) is 13.8 Å². The van der Waals surface area contributed by atoms with Gasteiger partial charge < -0.3 is 10.1 Å². The number of nitrogens with one attached hydrogen (secondary N) is 1. The maximum Gasteiger partial charge on any atom is 0.416 e. The minimum atomic E-state index is -4.31. The molecule has 0 heterocycles. The van der Waals surface area contributed by atoms with Gasteiger partial charge in [-0.25, -0.2) is 0 Å². The molecule has 0 bridgehead atoms. The van der Waals surface area contributed by atoms with Crippen molar-refractivity contribution >= 4 is 21.6 Å². The fraction of sp³-hybridized carbons (Fsp3) is 0.571. The smallest absolute Gasteiger partial charge is 0.384 e. The monoisotopic (exact) mass is 353 g/mol. The maximum absolute atomic E-state index is 12.5. The van der Waals surface area contributed by atoms with E-state index in [2.05, 4.69) is 35.1 Å². The molecule has 0 aromatic heterocycles. The Bertz CT molecular complexity index is 421. The molecule has 1 aromatic rings. The van der Waals surface area contributed by atoms with Crippen LogP contribution in [-0.4, -0.2) is 19.8 Å².